The van der Waals surface area contributed by atoms with Gasteiger partial charge in [0.25, 0.3) is 5.56 Å². The summed E-state index contributed by atoms with van der Waals surface area (Å²) in [7, 11) is 0. The molecule has 0 aliphatic heterocycles. The average Bonchev–Trinajstić information content (AvgIpc) is 2.09. The summed E-state index contributed by atoms with van der Waals surface area (Å²) in [6.45, 7) is 0. The van der Waals surface area contributed by atoms with E-state index in [4.69, 9.17) is 0 Å². The molecule has 1 aromatic heterocycles. The summed E-state index contributed by atoms with van der Waals surface area (Å²) in [5.41, 5.74) is 0.205. The highest BCUT2D eigenvalue weighted by Gasteiger charge is 1.90. The van der Waals surface area contributed by atoms with Crippen molar-refractivity contribution in [1.29, 1.82) is 0 Å². The van der Waals surface area contributed by atoms with Gasteiger partial charge in [0.1, 0.15) is 5.56 Å². The molecule has 1 heterocycles. The summed E-state index contributed by atoms with van der Waals surface area (Å²) in [4.78, 5) is 17.2. The van der Waals surface area contributed by atoms with Gasteiger partial charge in [0.2, 0.25) is 0 Å². The minimum Gasteiger partial charge on any atom is -0.312 e. The Bertz CT molecular complexity index is 361. The van der Waals surface area contributed by atoms with Crippen LogP contribution in [0.25, 0.3) is 0 Å². The van der Waals surface area contributed by atoms with Crippen LogP contribution >= 0.6 is 12.6 Å². The van der Waals surface area contributed by atoms with Crippen LogP contribution in [0.15, 0.2) is 17.3 Å². The second-order valence-corrected chi connectivity index (χ2v) is 2.52. The largest absolute Gasteiger partial charge is 0.312 e. The molecule has 0 aromatic carbocycles. The molecule has 12 heavy (non-hydrogen) atoms. The maximum absolute atomic E-state index is 11.0. The molecule has 0 bridgehead atoms. The third kappa shape index (κ3) is 2.44. The fourth-order valence-electron chi connectivity index (χ4n) is 0.647. The zero-order valence-corrected chi connectivity index (χ0v) is 7.27. The highest BCUT2D eigenvalue weighted by Crippen LogP contribution is 1.83. The molecule has 4 heteroatoms. The predicted molar refractivity (Wildman–Crippen MR) is 50.2 cm³/mol. The van der Waals surface area contributed by atoms with Gasteiger partial charge in [-0.3, -0.25) is 4.79 Å². The van der Waals surface area contributed by atoms with E-state index >= 15 is 0 Å². The Morgan fingerprint density at radius 2 is 2.50 bits per heavy atom. The third-order valence-corrected chi connectivity index (χ3v) is 1.40. The van der Waals surface area contributed by atoms with Gasteiger partial charge in [0.05, 0.1) is 6.33 Å². The Morgan fingerprint density at radius 1 is 1.67 bits per heavy atom. The number of aromatic nitrogens is 2. The van der Waals surface area contributed by atoms with Crippen LogP contribution in [0.4, 0.5) is 0 Å². The van der Waals surface area contributed by atoms with Crippen LogP contribution in [0.1, 0.15) is 12.0 Å². The van der Waals surface area contributed by atoms with Crippen LogP contribution < -0.4 is 5.56 Å². The number of rotatable bonds is 1. The second-order valence-electron chi connectivity index (χ2n) is 2.07. The quantitative estimate of drug-likeness (QED) is 0.486. The maximum atomic E-state index is 11.0. The molecule has 1 aromatic rings. The summed E-state index contributed by atoms with van der Waals surface area (Å²) in [5.74, 6) is 6.21. The Morgan fingerprint density at radius 3 is 3.17 bits per heavy atom. The number of nitrogens with zero attached hydrogens (tertiary/aromatic N) is 1. The lowest BCUT2D eigenvalue weighted by Gasteiger charge is -1.85. The van der Waals surface area contributed by atoms with Crippen molar-refractivity contribution in [3.8, 4) is 11.8 Å². The van der Waals surface area contributed by atoms with Gasteiger partial charge < -0.3 is 4.98 Å². The van der Waals surface area contributed by atoms with Gasteiger partial charge in [-0.05, 0) is 0 Å². The predicted octanol–water partition coefficient (Wildman–Crippen LogP) is 0.441. The van der Waals surface area contributed by atoms with Crippen molar-refractivity contribution in [2.24, 2.45) is 0 Å². The number of aromatic amines is 1. The average molecular weight is 180 g/mol. The SMILES string of the molecule is O=c1[nH]cncc1C#CCCS. The Balaban J connectivity index is 2.85. The number of nitrogens with one attached hydrogen (secondary N) is 1. The van der Waals surface area contributed by atoms with Crippen LogP contribution in [-0.2, 0) is 0 Å². The van der Waals surface area contributed by atoms with Crippen LogP contribution in [0.3, 0.4) is 0 Å². The lowest BCUT2D eigenvalue weighted by Crippen LogP contribution is -2.08. The van der Waals surface area contributed by atoms with Gasteiger partial charge in [-0.1, -0.05) is 11.8 Å². The molecule has 0 unspecified atom stereocenters. The summed E-state index contributed by atoms with van der Waals surface area (Å²) >= 11 is 3.99. The Kier molecular flexibility index (Phi) is 3.42. The van der Waals surface area contributed by atoms with E-state index < -0.39 is 0 Å². The molecule has 0 aliphatic carbocycles. The van der Waals surface area contributed by atoms with Gasteiger partial charge in [0, 0.05) is 18.4 Å². The number of H-pyrrole nitrogens is 1. The molecule has 1 N–H and O–H groups in total. The van der Waals surface area contributed by atoms with E-state index in [9.17, 15) is 4.79 Å². The molecule has 0 spiro atoms. The Hall–Kier alpha value is -1.21. The van der Waals surface area contributed by atoms with E-state index in [-0.39, 0.29) is 5.56 Å². The van der Waals surface area contributed by atoms with Crippen molar-refractivity contribution in [1.82, 2.24) is 9.97 Å². The minimum atomic E-state index is -0.198. The monoisotopic (exact) mass is 180 g/mol. The van der Waals surface area contributed by atoms with E-state index in [1.54, 1.807) is 0 Å². The maximum Gasteiger partial charge on any atom is 0.266 e. The van der Waals surface area contributed by atoms with E-state index in [0.29, 0.717) is 17.7 Å². The molecule has 0 aliphatic rings. The topological polar surface area (TPSA) is 45.8 Å². The van der Waals surface area contributed by atoms with Gasteiger partial charge in [-0.2, -0.15) is 12.6 Å². The molecule has 0 radical (unpaired) electrons. The molecular formula is C8H8N2OS. The van der Waals surface area contributed by atoms with Crippen molar-refractivity contribution in [3.05, 3.63) is 28.4 Å². The first-order valence-corrected chi connectivity index (χ1v) is 4.10. The lowest BCUT2D eigenvalue weighted by molar-refractivity contribution is 1.10. The van der Waals surface area contributed by atoms with Crippen LogP contribution in [0, 0.1) is 11.8 Å². The standard InChI is InChI=1S/C8H8N2OS/c11-8-7(3-1-2-4-12)5-9-6-10-8/h5-6,12H,2,4H2,(H,9,10,11). The lowest BCUT2D eigenvalue weighted by atomic mass is 10.3. The fourth-order valence-corrected chi connectivity index (χ4v) is 0.759. The number of thiol groups is 1. The zero-order chi connectivity index (χ0) is 8.81. The van der Waals surface area contributed by atoms with Crippen LogP contribution in [0.5, 0.6) is 0 Å². The smallest absolute Gasteiger partial charge is 0.266 e. The highest BCUT2D eigenvalue weighted by molar-refractivity contribution is 7.80. The van der Waals surface area contributed by atoms with Crippen LogP contribution in [0.2, 0.25) is 0 Å². The molecule has 0 fully saturated rings. The summed E-state index contributed by atoms with van der Waals surface area (Å²) in [6.07, 6.45) is 3.47. The third-order valence-electron chi connectivity index (χ3n) is 1.18. The van der Waals surface area contributed by atoms with Crippen molar-refractivity contribution < 1.29 is 0 Å². The second kappa shape index (κ2) is 4.62. The summed E-state index contributed by atoms with van der Waals surface area (Å²) in [6, 6.07) is 0. The minimum absolute atomic E-state index is 0.198. The van der Waals surface area contributed by atoms with Crippen molar-refractivity contribution in [3.63, 3.8) is 0 Å². The molecular weight excluding hydrogens is 172 g/mol. The van der Waals surface area contributed by atoms with Gasteiger partial charge in [-0.15, -0.1) is 0 Å². The number of hydrogen-bond acceptors (Lipinski definition) is 3. The van der Waals surface area contributed by atoms with Gasteiger partial charge >= 0.3 is 0 Å². The van der Waals surface area contributed by atoms with E-state index in [1.807, 2.05) is 0 Å². The Labute approximate surface area is 75.6 Å². The molecule has 0 amide bonds. The molecule has 0 atom stereocenters. The fraction of sp³-hybridized carbons (Fsp3) is 0.250. The first-order valence-electron chi connectivity index (χ1n) is 3.47. The van der Waals surface area contributed by atoms with E-state index in [0.717, 1.165) is 0 Å². The molecule has 3 nitrogen and oxygen atoms in total. The van der Waals surface area contributed by atoms with E-state index in [2.05, 4.69) is 34.4 Å². The number of hydrogen-bond donors (Lipinski definition) is 2. The van der Waals surface area contributed by atoms with E-state index in [1.165, 1.54) is 12.5 Å². The van der Waals surface area contributed by atoms with Crippen molar-refractivity contribution in [2.45, 2.75) is 6.42 Å². The first kappa shape index (κ1) is 8.88. The van der Waals surface area contributed by atoms with Gasteiger partial charge in [0.15, 0.2) is 0 Å². The van der Waals surface area contributed by atoms with Crippen LogP contribution in [-0.4, -0.2) is 15.7 Å². The highest BCUT2D eigenvalue weighted by atomic mass is 32.1. The molecule has 0 saturated carbocycles. The van der Waals surface area contributed by atoms with Crippen molar-refractivity contribution in [2.75, 3.05) is 5.75 Å². The summed E-state index contributed by atoms with van der Waals surface area (Å²) < 4.78 is 0. The summed E-state index contributed by atoms with van der Waals surface area (Å²) in [5, 5.41) is 0. The first-order chi connectivity index (χ1) is 5.84. The van der Waals surface area contributed by atoms with Crippen molar-refractivity contribution >= 4 is 12.6 Å². The van der Waals surface area contributed by atoms with Gasteiger partial charge in [-0.25, -0.2) is 4.98 Å². The molecule has 1 rings (SSSR count). The normalized spacial score (nSPS) is 8.75. The molecule has 62 valence electrons. The zero-order valence-electron chi connectivity index (χ0n) is 6.37. The molecule has 0 saturated heterocycles.